The number of hydrogen-bond acceptors (Lipinski definition) is 3. The van der Waals surface area contributed by atoms with Gasteiger partial charge in [-0.15, -0.1) is 12.4 Å². The minimum Gasteiger partial charge on any atom is -0.339 e. The van der Waals surface area contributed by atoms with Crippen molar-refractivity contribution in [2.75, 3.05) is 26.7 Å². The molecule has 122 valence electrons. The largest absolute Gasteiger partial charge is 0.339 e. The topological polar surface area (TPSA) is 52.7 Å². The molecule has 2 rings (SSSR count). The first-order valence-corrected chi connectivity index (χ1v) is 7.80. The first-order valence-electron chi connectivity index (χ1n) is 7.80. The maximum atomic E-state index is 12.8. The second kappa shape index (κ2) is 7.99. The lowest BCUT2D eigenvalue weighted by molar-refractivity contribution is -0.146. The Morgan fingerprint density at radius 1 is 1.29 bits per heavy atom. The van der Waals surface area contributed by atoms with Gasteiger partial charge in [0.1, 0.15) is 6.04 Å². The Bertz CT molecular complexity index is 376. The lowest BCUT2D eigenvalue weighted by Crippen LogP contribution is -2.56. The van der Waals surface area contributed by atoms with E-state index in [4.69, 9.17) is 0 Å². The van der Waals surface area contributed by atoms with Gasteiger partial charge in [-0.3, -0.25) is 9.59 Å². The summed E-state index contributed by atoms with van der Waals surface area (Å²) >= 11 is 0. The van der Waals surface area contributed by atoms with Crippen molar-refractivity contribution >= 4 is 24.2 Å². The zero-order valence-corrected chi connectivity index (χ0v) is 14.1. The van der Waals surface area contributed by atoms with Crippen molar-refractivity contribution in [3.63, 3.8) is 0 Å². The van der Waals surface area contributed by atoms with Gasteiger partial charge in [-0.2, -0.15) is 0 Å². The van der Waals surface area contributed by atoms with Crippen LogP contribution in [0.15, 0.2) is 0 Å². The van der Waals surface area contributed by atoms with E-state index in [2.05, 4.69) is 5.32 Å². The molecule has 0 bridgehead atoms. The normalized spacial score (nSPS) is 24.2. The molecule has 2 unspecified atom stereocenters. The van der Waals surface area contributed by atoms with Gasteiger partial charge in [0.15, 0.2) is 0 Å². The molecule has 2 saturated heterocycles. The predicted octanol–water partition coefficient (Wildman–Crippen LogP) is 1.27. The molecule has 6 heteroatoms. The number of carbonyl (C=O) groups is 2. The van der Waals surface area contributed by atoms with Crippen LogP contribution in [0.3, 0.4) is 0 Å². The van der Waals surface area contributed by atoms with Crippen molar-refractivity contribution in [3.05, 3.63) is 0 Å². The van der Waals surface area contributed by atoms with Crippen LogP contribution in [-0.4, -0.2) is 60.4 Å². The van der Waals surface area contributed by atoms with Gasteiger partial charge in [-0.05, 0) is 32.2 Å². The second-order valence-electron chi connectivity index (χ2n) is 6.29. The summed E-state index contributed by atoms with van der Waals surface area (Å²) in [6, 6.07) is 0.107. The number of nitrogens with one attached hydrogen (secondary N) is 1. The number of nitrogens with zero attached hydrogens (tertiary/aromatic N) is 2. The molecule has 0 aromatic rings. The van der Waals surface area contributed by atoms with E-state index >= 15 is 0 Å². The molecule has 0 aromatic heterocycles. The Kier molecular flexibility index (Phi) is 6.94. The van der Waals surface area contributed by atoms with Crippen LogP contribution in [0.5, 0.6) is 0 Å². The minimum atomic E-state index is -0.277. The molecule has 2 aliphatic rings. The summed E-state index contributed by atoms with van der Waals surface area (Å²) in [4.78, 5) is 28.6. The first kappa shape index (κ1) is 18.2. The fourth-order valence-corrected chi connectivity index (χ4v) is 3.34. The van der Waals surface area contributed by atoms with Gasteiger partial charge in [0.05, 0.1) is 0 Å². The summed E-state index contributed by atoms with van der Waals surface area (Å²) in [6.07, 6.45) is 3.63. The Morgan fingerprint density at radius 2 is 2.00 bits per heavy atom. The van der Waals surface area contributed by atoms with Crippen molar-refractivity contribution in [1.82, 2.24) is 15.1 Å². The Hall–Kier alpha value is -0.810. The Labute approximate surface area is 133 Å². The third-order valence-electron chi connectivity index (χ3n) is 4.47. The fourth-order valence-electron chi connectivity index (χ4n) is 3.34. The van der Waals surface area contributed by atoms with Gasteiger partial charge < -0.3 is 15.1 Å². The average molecular weight is 318 g/mol. The molecular formula is C15H28ClN3O2. The molecule has 2 atom stereocenters. The highest BCUT2D eigenvalue weighted by atomic mass is 35.5. The average Bonchev–Trinajstić information content (AvgIpc) is 2.85. The summed E-state index contributed by atoms with van der Waals surface area (Å²) in [7, 11) is 1.95. The van der Waals surface area contributed by atoms with E-state index in [0.29, 0.717) is 12.5 Å². The molecule has 2 aliphatic heterocycles. The van der Waals surface area contributed by atoms with Crippen LogP contribution >= 0.6 is 12.4 Å². The number of halogens is 1. The molecular weight excluding hydrogens is 290 g/mol. The number of likely N-dealkylation sites (tertiary alicyclic amines) is 2. The molecule has 2 amide bonds. The van der Waals surface area contributed by atoms with Crippen molar-refractivity contribution in [3.8, 4) is 0 Å². The van der Waals surface area contributed by atoms with E-state index in [1.807, 2.05) is 25.8 Å². The highest BCUT2D eigenvalue weighted by Crippen LogP contribution is 2.22. The van der Waals surface area contributed by atoms with Crippen molar-refractivity contribution in [2.24, 2.45) is 5.92 Å². The van der Waals surface area contributed by atoms with E-state index in [-0.39, 0.29) is 36.2 Å². The SMILES string of the molecule is CNC1CCCN(C(=O)C(C(C)C)N2CCCC2=O)C1.Cl. The van der Waals surface area contributed by atoms with Gasteiger partial charge >= 0.3 is 0 Å². The van der Waals surface area contributed by atoms with Crippen LogP contribution in [0, 0.1) is 5.92 Å². The third kappa shape index (κ3) is 4.10. The van der Waals surface area contributed by atoms with Gasteiger partial charge in [-0.1, -0.05) is 13.8 Å². The summed E-state index contributed by atoms with van der Waals surface area (Å²) in [5.41, 5.74) is 0. The lowest BCUT2D eigenvalue weighted by atomic mass is 9.98. The third-order valence-corrected chi connectivity index (χ3v) is 4.47. The minimum absolute atomic E-state index is 0. The molecule has 0 aliphatic carbocycles. The van der Waals surface area contributed by atoms with E-state index < -0.39 is 0 Å². The summed E-state index contributed by atoms with van der Waals surface area (Å²) < 4.78 is 0. The van der Waals surface area contributed by atoms with Gasteiger partial charge in [0, 0.05) is 32.1 Å². The molecule has 5 nitrogen and oxygen atoms in total. The molecule has 0 saturated carbocycles. The molecule has 0 spiro atoms. The molecule has 2 fully saturated rings. The van der Waals surface area contributed by atoms with Crippen LogP contribution < -0.4 is 5.32 Å². The van der Waals surface area contributed by atoms with Crippen molar-refractivity contribution in [1.29, 1.82) is 0 Å². The maximum absolute atomic E-state index is 12.8. The second-order valence-corrected chi connectivity index (χ2v) is 6.29. The van der Waals surface area contributed by atoms with Crippen LogP contribution in [0.4, 0.5) is 0 Å². The first-order chi connectivity index (χ1) is 9.54. The monoisotopic (exact) mass is 317 g/mol. The number of piperidine rings is 1. The van der Waals surface area contributed by atoms with Crippen molar-refractivity contribution in [2.45, 2.75) is 51.6 Å². The lowest BCUT2D eigenvalue weighted by Gasteiger charge is -2.38. The molecule has 1 N–H and O–H groups in total. The highest BCUT2D eigenvalue weighted by molar-refractivity contribution is 5.89. The van der Waals surface area contributed by atoms with Gasteiger partial charge in [0.25, 0.3) is 0 Å². The zero-order valence-electron chi connectivity index (χ0n) is 13.3. The van der Waals surface area contributed by atoms with Crippen LogP contribution in [-0.2, 0) is 9.59 Å². The van der Waals surface area contributed by atoms with Gasteiger partial charge in [0.2, 0.25) is 11.8 Å². The quantitative estimate of drug-likeness (QED) is 0.849. The standard InChI is InChI=1S/C15H27N3O2.ClH/c1-11(2)14(18-9-5-7-13(18)19)15(20)17-8-4-6-12(10-17)16-3;/h11-12,14,16H,4-10H2,1-3H3;1H. The van der Waals surface area contributed by atoms with Crippen molar-refractivity contribution < 1.29 is 9.59 Å². The summed E-state index contributed by atoms with van der Waals surface area (Å²) in [5.74, 6) is 0.439. The van der Waals surface area contributed by atoms with E-state index in [9.17, 15) is 9.59 Å². The fraction of sp³-hybridized carbons (Fsp3) is 0.867. The number of rotatable bonds is 4. The smallest absolute Gasteiger partial charge is 0.245 e. The number of amides is 2. The maximum Gasteiger partial charge on any atom is 0.245 e. The number of carbonyl (C=O) groups excluding carboxylic acids is 2. The Morgan fingerprint density at radius 3 is 2.52 bits per heavy atom. The Balaban J connectivity index is 0.00000220. The van der Waals surface area contributed by atoms with E-state index in [1.54, 1.807) is 4.90 Å². The van der Waals surface area contributed by atoms with E-state index in [0.717, 1.165) is 38.9 Å². The molecule has 0 radical (unpaired) electrons. The molecule has 21 heavy (non-hydrogen) atoms. The van der Waals surface area contributed by atoms with E-state index in [1.165, 1.54) is 0 Å². The van der Waals surface area contributed by atoms with Crippen LogP contribution in [0.1, 0.15) is 39.5 Å². The number of likely N-dealkylation sites (N-methyl/N-ethyl adjacent to an activating group) is 1. The van der Waals surface area contributed by atoms with Crippen LogP contribution in [0.2, 0.25) is 0 Å². The molecule has 0 aromatic carbocycles. The summed E-state index contributed by atoms with van der Waals surface area (Å²) in [6.45, 7) is 6.39. The zero-order chi connectivity index (χ0) is 14.7. The van der Waals surface area contributed by atoms with Gasteiger partial charge in [-0.25, -0.2) is 0 Å². The van der Waals surface area contributed by atoms with Crippen LogP contribution in [0.25, 0.3) is 0 Å². The predicted molar refractivity (Wildman–Crippen MR) is 85.5 cm³/mol. The highest BCUT2D eigenvalue weighted by Gasteiger charge is 2.38. The summed E-state index contributed by atoms with van der Waals surface area (Å²) in [5, 5.41) is 3.26. The number of hydrogen-bond donors (Lipinski definition) is 1. The molecule has 2 heterocycles.